The molecule has 0 aliphatic rings. The molecule has 0 saturated carbocycles. The molecule has 0 aliphatic heterocycles. The van der Waals surface area contributed by atoms with Crippen molar-refractivity contribution in [3.63, 3.8) is 0 Å². The van der Waals surface area contributed by atoms with Gasteiger partial charge in [-0.05, 0) is 57.2 Å². The van der Waals surface area contributed by atoms with Crippen LogP contribution in [0.5, 0.6) is 0 Å². The Morgan fingerprint density at radius 3 is 1.98 bits per heavy atom. The second-order valence-corrected chi connectivity index (χ2v) is 12.7. The topological polar surface area (TPSA) is 162 Å². The number of hydrogen-bond donors (Lipinski definition) is 3. The molecular weight excluding hydrogens is 592 g/mol. The molecule has 2 aromatic carbocycles. The average Bonchev–Trinajstić information content (AvgIpc) is 3.23. The molecule has 12 heteroatoms. The third kappa shape index (κ3) is 8.51. The summed E-state index contributed by atoms with van der Waals surface area (Å²) in [6.07, 6.45) is 3.23. The van der Waals surface area contributed by atoms with Crippen molar-refractivity contribution < 1.29 is 28.0 Å². The number of fused-ring (bicyclic) bond motifs is 2. The fourth-order valence-electron chi connectivity index (χ4n) is 5.26. The Morgan fingerprint density at radius 1 is 0.870 bits per heavy atom. The van der Waals surface area contributed by atoms with E-state index in [-0.39, 0.29) is 42.0 Å². The van der Waals surface area contributed by atoms with E-state index in [1.807, 2.05) is 44.2 Å². The third-order valence-electron chi connectivity index (χ3n) is 7.40. The number of carbonyl (C=O) groups excluding carboxylic acids is 3. The van der Waals surface area contributed by atoms with Crippen LogP contribution in [-0.4, -0.2) is 53.1 Å². The summed E-state index contributed by atoms with van der Waals surface area (Å²) in [5, 5.41) is 8.93. The zero-order valence-electron chi connectivity index (χ0n) is 27.0. The van der Waals surface area contributed by atoms with Crippen LogP contribution in [0.3, 0.4) is 0 Å². The number of nitrogens with one attached hydrogen (secondary N) is 3. The van der Waals surface area contributed by atoms with Gasteiger partial charge in [0.25, 0.3) is 11.1 Å². The van der Waals surface area contributed by atoms with Gasteiger partial charge in [0.1, 0.15) is 30.2 Å². The smallest absolute Gasteiger partial charge is 0.323 e. The van der Waals surface area contributed by atoms with E-state index in [1.165, 1.54) is 31.7 Å². The van der Waals surface area contributed by atoms with Gasteiger partial charge in [0, 0.05) is 20.0 Å². The summed E-state index contributed by atoms with van der Waals surface area (Å²) in [6.45, 7) is 8.92. The maximum absolute atomic E-state index is 13.7. The first-order valence-corrected chi connectivity index (χ1v) is 15.3. The lowest BCUT2D eigenvalue weighted by Crippen LogP contribution is -2.57. The number of carbonyl (C=O) groups is 3. The lowest BCUT2D eigenvalue weighted by Gasteiger charge is -2.29. The second-order valence-electron chi connectivity index (χ2n) is 12.7. The van der Waals surface area contributed by atoms with Crippen molar-refractivity contribution in [2.24, 2.45) is 5.92 Å². The normalized spacial score (nSPS) is 13.8. The Balaban J connectivity index is 1.61. The summed E-state index contributed by atoms with van der Waals surface area (Å²) in [5.74, 6) is -1.42. The van der Waals surface area contributed by atoms with Crippen LogP contribution in [-0.2, 0) is 32.1 Å². The molecule has 2 amide bonds. The Hall–Kier alpha value is -4.71. The van der Waals surface area contributed by atoms with Gasteiger partial charge in [-0.3, -0.25) is 33.9 Å². The molecule has 46 heavy (non-hydrogen) atoms. The van der Waals surface area contributed by atoms with Gasteiger partial charge in [-0.25, -0.2) is 0 Å². The zero-order valence-corrected chi connectivity index (χ0v) is 27.0. The van der Waals surface area contributed by atoms with E-state index in [1.54, 1.807) is 20.8 Å². The van der Waals surface area contributed by atoms with Crippen molar-refractivity contribution in [1.29, 1.82) is 0 Å². The van der Waals surface area contributed by atoms with Crippen LogP contribution in [0.2, 0.25) is 0 Å². The Kier molecular flexibility index (Phi) is 10.8. The molecule has 0 saturated heterocycles. The highest BCUT2D eigenvalue weighted by molar-refractivity contribution is 5.93. The summed E-state index contributed by atoms with van der Waals surface area (Å²) in [6, 6.07) is 9.42. The van der Waals surface area contributed by atoms with E-state index >= 15 is 0 Å². The van der Waals surface area contributed by atoms with Crippen molar-refractivity contribution in [3.05, 3.63) is 81.3 Å². The molecule has 3 N–H and O–H groups in total. The fourth-order valence-corrected chi connectivity index (χ4v) is 5.26. The predicted octanol–water partition coefficient (Wildman–Crippen LogP) is 3.28. The molecule has 0 spiro atoms. The minimum atomic E-state index is -1.06. The molecule has 4 rings (SSSR count). The Bertz CT molecular complexity index is 1730. The van der Waals surface area contributed by atoms with Crippen LogP contribution in [0.15, 0.2) is 73.4 Å². The van der Waals surface area contributed by atoms with E-state index in [0.29, 0.717) is 17.6 Å². The van der Waals surface area contributed by atoms with Crippen LogP contribution >= 0.6 is 0 Å². The minimum absolute atomic E-state index is 0.0284. The van der Waals surface area contributed by atoms with Gasteiger partial charge in [0.05, 0.1) is 16.8 Å². The Labute approximate surface area is 266 Å². The van der Waals surface area contributed by atoms with Crippen LogP contribution in [0.4, 0.5) is 0 Å². The predicted molar refractivity (Wildman–Crippen MR) is 173 cm³/mol. The number of nitrogens with zero attached hydrogens (tertiary/aromatic N) is 1. The molecule has 12 nitrogen and oxygen atoms in total. The van der Waals surface area contributed by atoms with Gasteiger partial charge in [-0.1, -0.05) is 44.2 Å². The van der Waals surface area contributed by atoms with Crippen molar-refractivity contribution in [2.75, 3.05) is 7.05 Å². The molecule has 1 unspecified atom stereocenters. The van der Waals surface area contributed by atoms with Crippen molar-refractivity contribution >= 4 is 39.7 Å². The summed E-state index contributed by atoms with van der Waals surface area (Å²) < 4.78 is 17.5. The molecule has 2 aromatic heterocycles. The molecule has 4 aromatic rings. The molecule has 246 valence electrons. The van der Waals surface area contributed by atoms with Gasteiger partial charge in [0.15, 0.2) is 11.2 Å². The quantitative estimate of drug-likeness (QED) is 0.187. The van der Waals surface area contributed by atoms with Crippen molar-refractivity contribution in [1.82, 2.24) is 20.5 Å². The minimum Gasteiger partial charge on any atom is -0.459 e. The van der Waals surface area contributed by atoms with Gasteiger partial charge < -0.3 is 24.2 Å². The number of rotatable bonds is 13. The molecule has 0 fully saturated rings. The molecule has 0 aliphatic carbocycles. The maximum Gasteiger partial charge on any atom is 0.323 e. The van der Waals surface area contributed by atoms with Crippen LogP contribution in [0, 0.1) is 5.92 Å². The number of esters is 1. The number of ether oxygens (including phenoxy) is 1. The highest BCUT2D eigenvalue weighted by Crippen LogP contribution is 2.19. The largest absolute Gasteiger partial charge is 0.459 e. The first-order chi connectivity index (χ1) is 21.8. The van der Waals surface area contributed by atoms with Crippen LogP contribution in [0.1, 0.15) is 53.0 Å². The highest BCUT2D eigenvalue weighted by atomic mass is 16.6. The summed E-state index contributed by atoms with van der Waals surface area (Å²) in [5.41, 5.74) is -0.420. The zero-order chi connectivity index (χ0) is 33.6. The van der Waals surface area contributed by atoms with Gasteiger partial charge in [-0.15, -0.1) is 0 Å². The number of aromatic nitrogens is 1. The highest BCUT2D eigenvalue weighted by Gasteiger charge is 2.32. The van der Waals surface area contributed by atoms with Crippen LogP contribution < -0.4 is 27.1 Å². The Morgan fingerprint density at radius 2 is 1.46 bits per heavy atom. The fraction of sp³-hybridized carbons (Fsp3) is 0.441. The molecule has 2 heterocycles. The van der Waals surface area contributed by atoms with Gasteiger partial charge in [-0.2, -0.15) is 0 Å². The first-order valence-electron chi connectivity index (χ1n) is 15.3. The maximum atomic E-state index is 13.7. The summed E-state index contributed by atoms with van der Waals surface area (Å²) in [4.78, 5) is 66.6. The molecular formula is C34H42N4O8. The monoisotopic (exact) mass is 634 g/mol. The number of benzene rings is 2. The third-order valence-corrected chi connectivity index (χ3v) is 7.40. The van der Waals surface area contributed by atoms with Crippen molar-refractivity contribution in [2.45, 2.75) is 84.2 Å². The summed E-state index contributed by atoms with van der Waals surface area (Å²) in [7, 11) is 1.50. The lowest BCUT2D eigenvalue weighted by atomic mass is 9.99. The van der Waals surface area contributed by atoms with E-state index in [9.17, 15) is 24.0 Å². The molecule has 3 atom stereocenters. The second kappa shape index (κ2) is 14.6. The lowest BCUT2D eigenvalue weighted by molar-refractivity contribution is -0.158. The number of hydrogen-bond acceptors (Lipinski definition) is 9. The number of likely N-dealkylation sites (N-methyl/N-ethyl adjacent to an activating group) is 1. The first kappa shape index (κ1) is 34.2. The van der Waals surface area contributed by atoms with Crippen molar-refractivity contribution in [3.8, 4) is 0 Å². The SMILES string of the molecule is CNC(=O)[C@H](Cc1ccccc1)NC(=O)[C@H](CC(C)C)NC(CCn1c(=O)c2cc3occoc3cc2c1=O)C(=O)OC(C)(C)C. The average molecular weight is 635 g/mol. The molecule has 0 radical (unpaired) electrons. The van der Waals surface area contributed by atoms with E-state index < -0.39 is 46.7 Å². The number of amides is 2. The van der Waals surface area contributed by atoms with Crippen LogP contribution in [0.25, 0.3) is 21.9 Å². The van der Waals surface area contributed by atoms with Gasteiger partial charge in [0.2, 0.25) is 11.8 Å². The van der Waals surface area contributed by atoms with Gasteiger partial charge >= 0.3 is 5.97 Å². The van der Waals surface area contributed by atoms with E-state index in [4.69, 9.17) is 13.6 Å². The standard InChI is InChI=1S/C34H42N4O8/c1-20(2)16-25(30(40)37-26(29(39)35-6)17-21-10-8-7-9-11-21)36-24(33(43)46-34(3,4)5)12-13-38-31(41)22-18-27-28(45-15-14-44-27)19-23(22)32(38)42/h7-11,14-15,18-20,24-26,36H,12-13,16-17H2,1-6H3,(H,35,39)(H,37,40)/t24?,25-,26-/m0/s1. The van der Waals surface area contributed by atoms with E-state index in [0.717, 1.165) is 10.1 Å². The summed E-state index contributed by atoms with van der Waals surface area (Å²) >= 11 is 0. The molecule has 0 bridgehead atoms. The van der Waals surface area contributed by atoms with E-state index in [2.05, 4.69) is 16.0 Å².